The van der Waals surface area contributed by atoms with E-state index in [1.807, 2.05) is 13.0 Å². The summed E-state index contributed by atoms with van der Waals surface area (Å²) < 4.78 is 5.55. The predicted octanol–water partition coefficient (Wildman–Crippen LogP) is 1.85. The SMILES string of the molecule is CCc1nnc(NC(=O)CN2C(=O)[C@H](C)Oc3ccccc32)s1. The molecule has 1 aromatic heterocycles. The van der Waals surface area contributed by atoms with Crippen molar-refractivity contribution in [3.63, 3.8) is 0 Å². The Kier molecular flexibility index (Phi) is 4.24. The molecular formula is C15H16N4O3S. The Bertz CT molecular complexity index is 746. The number of rotatable bonds is 4. The average Bonchev–Trinajstić information content (AvgIpc) is 2.99. The summed E-state index contributed by atoms with van der Waals surface area (Å²) in [6, 6.07) is 7.16. The molecule has 2 heterocycles. The van der Waals surface area contributed by atoms with Crippen molar-refractivity contribution in [2.75, 3.05) is 16.8 Å². The Morgan fingerprint density at radius 1 is 1.39 bits per heavy atom. The van der Waals surface area contributed by atoms with E-state index in [2.05, 4.69) is 15.5 Å². The zero-order valence-corrected chi connectivity index (χ0v) is 13.6. The van der Waals surface area contributed by atoms with Crippen LogP contribution in [0.2, 0.25) is 0 Å². The van der Waals surface area contributed by atoms with Crippen LogP contribution in [0.3, 0.4) is 0 Å². The molecule has 0 bridgehead atoms. The molecular weight excluding hydrogens is 316 g/mol. The first-order valence-corrected chi connectivity index (χ1v) is 8.09. The highest BCUT2D eigenvalue weighted by molar-refractivity contribution is 7.15. The van der Waals surface area contributed by atoms with Crippen LogP contribution < -0.4 is 15.0 Å². The fourth-order valence-electron chi connectivity index (χ4n) is 2.27. The lowest BCUT2D eigenvalue weighted by Gasteiger charge is -2.32. The van der Waals surface area contributed by atoms with Crippen molar-refractivity contribution in [2.24, 2.45) is 0 Å². The molecule has 0 saturated heterocycles. The van der Waals surface area contributed by atoms with E-state index in [-0.39, 0.29) is 18.4 Å². The van der Waals surface area contributed by atoms with Gasteiger partial charge in [-0.05, 0) is 25.5 Å². The number of carbonyl (C=O) groups excluding carboxylic acids is 2. The van der Waals surface area contributed by atoms with Crippen LogP contribution in [0.15, 0.2) is 24.3 Å². The van der Waals surface area contributed by atoms with Crippen molar-refractivity contribution in [2.45, 2.75) is 26.4 Å². The van der Waals surface area contributed by atoms with E-state index in [4.69, 9.17) is 4.74 Å². The topological polar surface area (TPSA) is 84.4 Å². The van der Waals surface area contributed by atoms with Crippen molar-refractivity contribution in [1.29, 1.82) is 0 Å². The maximum Gasteiger partial charge on any atom is 0.268 e. The smallest absolute Gasteiger partial charge is 0.268 e. The number of para-hydroxylation sites is 2. The molecule has 0 fully saturated rings. The molecule has 2 aromatic rings. The highest BCUT2D eigenvalue weighted by Crippen LogP contribution is 2.33. The van der Waals surface area contributed by atoms with Crippen molar-refractivity contribution in [3.8, 4) is 5.75 Å². The van der Waals surface area contributed by atoms with Gasteiger partial charge in [0, 0.05) is 0 Å². The van der Waals surface area contributed by atoms with Gasteiger partial charge >= 0.3 is 0 Å². The quantitative estimate of drug-likeness (QED) is 0.924. The molecule has 8 heteroatoms. The van der Waals surface area contributed by atoms with E-state index in [0.29, 0.717) is 16.6 Å². The van der Waals surface area contributed by atoms with Gasteiger partial charge in [0.05, 0.1) is 5.69 Å². The molecule has 23 heavy (non-hydrogen) atoms. The summed E-state index contributed by atoms with van der Waals surface area (Å²) in [6.07, 6.45) is 0.145. The van der Waals surface area contributed by atoms with Crippen molar-refractivity contribution < 1.29 is 14.3 Å². The van der Waals surface area contributed by atoms with Gasteiger partial charge in [0.1, 0.15) is 17.3 Å². The molecule has 1 aliphatic rings. The van der Waals surface area contributed by atoms with E-state index >= 15 is 0 Å². The third-order valence-corrected chi connectivity index (χ3v) is 4.37. The van der Waals surface area contributed by atoms with Gasteiger partial charge in [0.15, 0.2) is 6.10 Å². The Hall–Kier alpha value is -2.48. The molecule has 7 nitrogen and oxygen atoms in total. The van der Waals surface area contributed by atoms with Crippen molar-refractivity contribution in [3.05, 3.63) is 29.3 Å². The highest BCUT2D eigenvalue weighted by atomic mass is 32.1. The monoisotopic (exact) mass is 332 g/mol. The third-order valence-electron chi connectivity index (χ3n) is 3.39. The number of hydrogen-bond donors (Lipinski definition) is 1. The van der Waals surface area contributed by atoms with Crippen LogP contribution in [-0.2, 0) is 16.0 Å². The maximum atomic E-state index is 12.3. The zero-order valence-electron chi connectivity index (χ0n) is 12.8. The van der Waals surface area contributed by atoms with E-state index in [1.165, 1.54) is 16.2 Å². The lowest BCUT2D eigenvalue weighted by atomic mass is 10.2. The number of hydrogen-bond acceptors (Lipinski definition) is 6. The summed E-state index contributed by atoms with van der Waals surface area (Å²) in [5, 5.41) is 11.8. The van der Waals surface area contributed by atoms with Gasteiger partial charge in [0.25, 0.3) is 5.91 Å². The summed E-state index contributed by atoms with van der Waals surface area (Å²) in [5.74, 6) is 0.0306. The number of amides is 2. The summed E-state index contributed by atoms with van der Waals surface area (Å²) in [6.45, 7) is 3.54. The second-order valence-electron chi connectivity index (χ2n) is 5.05. The lowest BCUT2D eigenvalue weighted by molar-refractivity contribution is -0.127. The first-order valence-electron chi connectivity index (χ1n) is 7.27. The molecule has 0 radical (unpaired) electrons. The molecule has 1 N–H and O–H groups in total. The number of nitrogens with zero attached hydrogens (tertiary/aromatic N) is 3. The van der Waals surface area contributed by atoms with Gasteiger partial charge in [-0.2, -0.15) is 0 Å². The Labute approximate surface area is 137 Å². The number of anilines is 2. The Balaban J connectivity index is 1.75. The van der Waals surface area contributed by atoms with E-state index in [9.17, 15) is 9.59 Å². The fourth-order valence-corrected chi connectivity index (χ4v) is 2.97. The number of fused-ring (bicyclic) bond motifs is 1. The maximum absolute atomic E-state index is 12.3. The third kappa shape index (κ3) is 3.16. The van der Waals surface area contributed by atoms with Crippen LogP contribution in [0, 0.1) is 0 Å². The highest BCUT2D eigenvalue weighted by Gasteiger charge is 2.32. The summed E-state index contributed by atoms with van der Waals surface area (Å²) in [5.41, 5.74) is 0.595. The van der Waals surface area contributed by atoms with E-state index < -0.39 is 6.10 Å². The molecule has 0 saturated carbocycles. The normalized spacial score (nSPS) is 16.7. The minimum Gasteiger partial charge on any atom is -0.479 e. The Morgan fingerprint density at radius 2 is 2.17 bits per heavy atom. The van der Waals surface area contributed by atoms with Gasteiger partial charge in [0.2, 0.25) is 11.0 Å². The standard InChI is InChI=1S/C15H16N4O3S/c1-3-13-17-18-15(23-13)16-12(20)8-19-10-6-4-5-7-11(10)22-9(2)14(19)21/h4-7,9H,3,8H2,1-2H3,(H,16,18,20)/t9-/m0/s1. The molecule has 3 rings (SSSR count). The molecule has 2 amide bonds. The largest absolute Gasteiger partial charge is 0.479 e. The van der Waals surface area contributed by atoms with Gasteiger partial charge < -0.3 is 4.74 Å². The molecule has 0 spiro atoms. The summed E-state index contributed by atoms with van der Waals surface area (Å²) >= 11 is 1.33. The summed E-state index contributed by atoms with van der Waals surface area (Å²) in [7, 11) is 0. The second-order valence-corrected chi connectivity index (χ2v) is 6.12. The van der Waals surface area contributed by atoms with Gasteiger partial charge in [-0.1, -0.05) is 30.4 Å². The molecule has 1 atom stereocenters. The van der Waals surface area contributed by atoms with Crippen LogP contribution in [0.25, 0.3) is 0 Å². The molecule has 0 aliphatic carbocycles. The molecule has 120 valence electrons. The zero-order chi connectivity index (χ0) is 16.4. The van der Waals surface area contributed by atoms with Gasteiger partial charge in [-0.15, -0.1) is 10.2 Å². The molecule has 1 aliphatic heterocycles. The molecule has 0 unspecified atom stereocenters. The number of aryl methyl sites for hydroxylation is 1. The lowest BCUT2D eigenvalue weighted by Crippen LogP contribution is -2.47. The number of carbonyl (C=O) groups is 2. The number of benzene rings is 1. The van der Waals surface area contributed by atoms with E-state index in [1.54, 1.807) is 25.1 Å². The van der Waals surface area contributed by atoms with Crippen molar-refractivity contribution >= 4 is 34.0 Å². The first-order chi connectivity index (χ1) is 11.1. The summed E-state index contributed by atoms with van der Waals surface area (Å²) in [4.78, 5) is 26.0. The predicted molar refractivity (Wildman–Crippen MR) is 86.8 cm³/mol. The van der Waals surface area contributed by atoms with Crippen LogP contribution in [0.1, 0.15) is 18.9 Å². The Morgan fingerprint density at radius 3 is 2.91 bits per heavy atom. The minimum absolute atomic E-state index is 0.0927. The van der Waals surface area contributed by atoms with Crippen LogP contribution >= 0.6 is 11.3 Å². The molecule has 1 aromatic carbocycles. The average molecular weight is 332 g/mol. The second kappa shape index (κ2) is 6.33. The minimum atomic E-state index is -0.620. The van der Waals surface area contributed by atoms with Gasteiger partial charge in [-0.3, -0.25) is 19.8 Å². The van der Waals surface area contributed by atoms with Gasteiger partial charge in [-0.25, -0.2) is 0 Å². The van der Waals surface area contributed by atoms with Crippen molar-refractivity contribution in [1.82, 2.24) is 10.2 Å². The van der Waals surface area contributed by atoms with Crippen LogP contribution in [0.4, 0.5) is 10.8 Å². The van der Waals surface area contributed by atoms with Crippen LogP contribution in [0.5, 0.6) is 5.75 Å². The fraction of sp³-hybridized carbons (Fsp3) is 0.333. The number of nitrogens with one attached hydrogen (secondary N) is 1. The van der Waals surface area contributed by atoms with Crippen LogP contribution in [-0.4, -0.2) is 34.7 Å². The number of ether oxygens (including phenoxy) is 1. The van der Waals surface area contributed by atoms with E-state index in [0.717, 1.165) is 11.4 Å². The first kappa shape index (κ1) is 15.4. The number of aromatic nitrogens is 2.